The van der Waals surface area contributed by atoms with Gasteiger partial charge in [0.25, 0.3) is 0 Å². The minimum absolute atomic E-state index is 0.333. The van der Waals surface area contributed by atoms with Crippen molar-refractivity contribution in [1.82, 2.24) is 10.3 Å². The summed E-state index contributed by atoms with van der Waals surface area (Å²) in [5.74, 6) is -2.53. The van der Waals surface area contributed by atoms with Gasteiger partial charge in [-0.05, 0) is 37.6 Å². The molecule has 0 spiro atoms. The molecule has 1 N–H and O–H groups in total. The number of ether oxygens (including phenoxy) is 2. The lowest BCUT2D eigenvalue weighted by Gasteiger charge is -2.46. The van der Waals surface area contributed by atoms with Crippen molar-refractivity contribution in [2.24, 2.45) is 5.92 Å². The van der Waals surface area contributed by atoms with Gasteiger partial charge in [-0.3, -0.25) is 4.79 Å². The number of hydrogen-bond acceptors (Lipinski definition) is 7. The van der Waals surface area contributed by atoms with Crippen LogP contribution in [0, 0.1) is 5.92 Å². The first kappa shape index (κ1) is 25.2. The van der Waals surface area contributed by atoms with Crippen LogP contribution in [0.25, 0.3) is 11.3 Å². The van der Waals surface area contributed by atoms with Gasteiger partial charge >= 0.3 is 11.9 Å². The van der Waals surface area contributed by atoms with Gasteiger partial charge in [0.05, 0.1) is 47.9 Å². The summed E-state index contributed by atoms with van der Waals surface area (Å²) in [6, 6.07) is 14.8. The van der Waals surface area contributed by atoms with E-state index in [2.05, 4.69) is 5.32 Å². The van der Waals surface area contributed by atoms with Crippen LogP contribution in [-0.2, 0) is 24.6 Å². The van der Waals surface area contributed by atoms with Crippen LogP contribution >= 0.6 is 34.5 Å². The summed E-state index contributed by atoms with van der Waals surface area (Å²) in [6.45, 7) is 3.73. The third kappa shape index (κ3) is 4.56. The quantitative estimate of drug-likeness (QED) is 0.410. The van der Waals surface area contributed by atoms with Crippen LogP contribution in [0.15, 0.2) is 65.2 Å². The molecule has 35 heavy (non-hydrogen) atoms. The lowest BCUT2D eigenvalue weighted by molar-refractivity contribution is -0.150. The highest BCUT2D eigenvalue weighted by molar-refractivity contribution is 7.10. The van der Waals surface area contributed by atoms with Crippen molar-refractivity contribution >= 4 is 46.5 Å². The molecule has 1 aromatic heterocycles. The van der Waals surface area contributed by atoms with E-state index in [-0.39, 0.29) is 0 Å². The molecule has 1 aliphatic rings. The molecule has 0 fully saturated rings. The number of nitrogens with zero attached hydrogens (tertiary/aromatic N) is 1. The Morgan fingerprint density at radius 2 is 1.80 bits per heavy atom. The van der Waals surface area contributed by atoms with Crippen LogP contribution in [0.2, 0.25) is 10.0 Å². The minimum atomic E-state index is -0.885. The fraction of sp³-hybridized carbons (Fsp3) is 0.269. The summed E-state index contributed by atoms with van der Waals surface area (Å²) < 4.78 is 10.4. The predicted molar refractivity (Wildman–Crippen MR) is 137 cm³/mol. The highest BCUT2D eigenvalue weighted by Gasteiger charge is 2.54. The van der Waals surface area contributed by atoms with E-state index in [1.807, 2.05) is 42.6 Å². The Bertz CT molecular complexity index is 1310. The number of esters is 2. The Labute approximate surface area is 217 Å². The maximum Gasteiger partial charge on any atom is 0.336 e. The molecule has 0 radical (unpaired) electrons. The molecule has 6 nitrogen and oxygen atoms in total. The van der Waals surface area contributed by atoms with Crippen LogP contribution in [-0.4, -0.2) is 31.1 Å². The average molecular weight is 531 g/mol. The number of benzene rings is 2. The monoisotopic (exact) mass is 530 g/mol. The first-order valence-electron chi connectivity index (χ1n) is 10.8. The molecule has 3 unspecified atom stereocenters. The largest absolute Gasteiger partial charge is 0.469 e. The normalized spacial score (nSPS) is 21.9. The van der Waals surface area contributed by atoms with Crippen LogP contribution in [0.3, 0.4) is 0 Å². The van der Waals surface area contributed by atoms with E-state index >= 15 is 0 Å². The standard InChI is InChI=1S/C26H24Cl2N2O4S/c1-14-20(24(31)33-3)21(23-29-19(13-35-23)17-11-10-16(27)12-18(17)28)22(25(32)34-4)26(2,30-14)15-8-6-5-7-9-15/h5-13,21-22,30H,1-4H3. The Morgan fingerprint density at radius 3 is 2.43 bits per heavy atom. The Balaban J connectivity index is 1.93. The zero-order chi connectivity index (χ0) is 25.3. The first-order valence-corrected chi connectivity index (χ1v) is 12.5. The lowest BCUT2D eigenvalue weighted by Crippen LogP contribution is -2.55. The van der Waals surface area contributed by atoms with Crippen molar-refractivity contribution in [3.05, 3.63) is 85.8 Å². The van der Waals surface area contributed by atoms with E-state index in [1.165, 1.54) is 25.6 Å². The molecule has 0 bridgehead atoms. The summed E-state index contributed by atoms with van der Waals surface area (Å²) in [4.78, 5) is 31.2. The number of rotatable bonds is 5. The summed E-state index contributed by atoms with van der Waals surface area (Å²) in [5, 5.41) is 6.81. The maximum absolute atomic E-state index is 13.4. The van der Waals surface area contributed by atoms with Gasteiger partial charge in [0, 0.05) is 21.7 Å². The third-order valence-electron chi connectivity index (χ3n) is 6.35. The SMILES string of the molecule is COC(=O)C1=C(C)NC(C)(c2ccccc2)C(C(=O)OC)C1c1nc(-c2ccc(Cl)cc2Cl)cs1. The topological polar surface area (TPSA) is 77.5 Å². The fourth-order valence-corrected chi connectivity index (χ4v) is 6.18. The third-order valence-corrected chi connectivity index (χ3v) is 7.82. The maximum atomic E-state index is 13.4. The van der Waals surface area contributed by atoms with Gasteiger partial charge in [0.1, 0.15) is 5.01 Å². The van der Waals surface area contributed by atoms with Gasteiger partial charge in [-0.1, -0.05) is 53.5 Å². The molecule has 0 aliphatic carbocycles. The molecular weight excluding hydrogens is 507 g/mol. The summed E-state index contributed by atoms with van der Waals surface area (Å²) in [5.41, 5.74) is 2.25. The summed E-state index contributed by atoms with van der Waals surface area (Å²) >= 11 is 13.8. The second kappa shape index (κ2) is 10.0. The fourth-order valence-electron chi connectivity index (χ4n) is 4.71. The van der Waals surface area contributed by atoms with Crippen LogP contribution < -0.4 is 5.32 Å². The highest BCUT2D eigenvalue weighted by atomic mass is 35.5. The predicted octanol–water partition coefficient (Wildman–Crippen LogP) is 5.96. The van der Waals surface area contributed by atoms with Crippen LogP contribution in [0.4, 0.5) is 0 Å². The molecule has 2 aromatic carbocycles. The van der Waals surface area contributed by atoms with Crippen molar-refractivity contribution in [1.29, 1.82) is 0 Å². The Hall–Kier alpha value is -2.87. The van der Waals surface area contributed by atoms with Crippen molar-refractivity contribution in [2.45, 2.75) is 25.3 Å². The Morgan fingerprint density at radius 1 is 1.09 bits per heavy atom. The average Bonchev–Trinajstić information content (AvgIpc) is 3.33. The number of methoxy groups -OCH3 is 2. The number of allylic oxidation sites excluding steroid dienone is 1. The van der Waals surface area contributed by atoms with Crippen molar-refractivity contribution in [3.8, 4) is 11.3 Å². The molecule has 1 aliphatic heterocycles. The van der Waals surface area contributed by atoms with Gasteiger partial charge in [0.2, 0.25) is 0 Å². The number of nitrogens with one attached hydrogen (secondary N) is 1. The van der Waals surface area contributed by atoms with Gasteiger partial charge in [-0.2, -0.15) is 0 Å². The molecular formula is C26H24Cl2N2O4S. The number of carbonyl (C=O) groups excluding carboxylic acids is 2. The van der Waals surface area contributed by atoms with Crippen molar-refractivity contribution in [3.63, 3.8) is 0 Å². The molecule has 9 heteroatoms. The zero-order valence-electron chi connectivity index (χ0n) is 19.6. The van der Waals surface area contributed by atoms with Crippen LogP contribution in [0.1, 0.15) is 30.3 Å². The van der Waals surface area contributed by atoms with Crippen LogP contribution in [0.5, 0.6) is 0 Å². The number of halogens is 2. The minimum Gasteiger partial charge on any atom is -0.469 e. The van der Waals surface area contributed by atoms with Crippen molar-refractivity contribution in [2.75, 3.05) is 14.2 Å². The van der Waals surface area contributed by atoms with E-state index in [0.717, 1.165) is 5.56 Å². The molecule has 2 heterocycles. The second-order valence-corrected chi connectivity index (χ2v) is 10.1. The lowest BCUT2D eigenvalue weighted by atomic mass is 9.67. The molecule has 0 amide bonds. The number of thiazole rings is 1. The van der Waals surface area contributed by atoms with E-state index in [9.17, 15) is 9.59 Å². The van der Waals surface area contributed by atoms with Crippen molar-refractivity contribution < 1.29 is 19.1 Å². The Kier molecular flexibility index (Phi) is 7.22. The molecule has 3 aromatic rings. The second-order valence-electron chi connectivity index (χ2n) is 8.40. The first-order chi connectivity index (χ1) is 16.7. The summed E-state index contributed by atoms with van der Waals surface area (Å²) in [7, 11) is 2.66. The molecule has 4 rings (SSSR count). The van der Waals surface area contributed by atoms with E-state index < -0.39 is 29.3 Å². The van der Waals surface area contributed by atoms with E-state index in [1.54, 1.807) is 25.1 Å². The number of carbonyl (C=O) groups is 2. The highest BCUT2D eigenvalue weighted by Crippen LogP contribution is 2.49. The van der Waals surface area contributed by atoms with Gasteiger partial charge < -0.3 is 14.8 Å². The number of hydrogen-bond donors (Lipinski definition) is 1. The van der Waals surface area contributed by atoms with E-state index in [4.69, 9.17) is 37.7 Å². The smallest absolute Gasteiger partial charge is 0.336 e. The molecule has 0 saturated carbocycles. The van der Waals surface area contributed by atoms with Gasteiger partial charge in [-0.25, -0.2) is 9.78 Å². The summed E-state index contributed by atoms with van der Waals surface area (Å²) in [6.07, 6.45) is 0. The molecule has 3 atom stereocenters. The zero-order valence-corrected chi connectivity index (χ0v) is 21.9. The molecule has 0 saturated heterocycles. The molecule has 182 valence electrons. The number of aromatic nitrogens is 1. The van der Waals surface area contributed by atoms with Gasteiger partial charge in [-0.15, -0.1) is 11.3 Å². The van der Waals surface area contributed by atoms with Gasteiger partial charge in [0.15, 0.2) is 0 Å². The van der Waals surface area contributed by atoms with E-state index in [0.29, 0.717) is 37.6 Å².